The number of ether oxygens (including phenoxy) is 1. The van der Waals surface area contributed by atoms with Gasteiger partial charge in [-0.1, -0.05) is 41.4 Å². The van der Waals surface area contributed by atoms with Crippen molar-refractivity contribution < 1.29 is 18.7 Å². The van der Waals surface area contributed by atoms with Gasteiger partial charge in [-0.25, -0.2) is 14.2 Å². The Balaban J connectivity index is 1.77. The molecule has 3 aromatic rings. The standard InChI is InChI=1S/C19H13Cl2FN2O3/c1-10(18(25)24-16-7-6-11(22)8-14(16)20)27-19(26)13-9-17(21)23-15-5-3-2-4-12(13)15/h2-10H,1H3,(H,24,25)/t10-/m0/s1. The smallest absolute Gasteiger partial charge is 0.339 e. The molecule has 3 rings (SSSR count). The number of anilines is 1. The van der Waals surface area contributed by atoms with Crippen LogP contribution < -0.4 is 5.32 Å². The molecule has 0 radical (unpaired) electrons. The largest absolute Gasteiger partial charge is 0.449 e. The van der Waals surface area contributed by atoms with Crippen LogP contribution in [0.1, 0.15) is 17.3 Å². The molecule has 0 saturated heterocycles. The second-order valence-electron chi connectivity index (χ2n) is 5.67. The summed E-state index contributed by atoms with van der Waals surface area (Å²) < 4.78 is 18.3. The second kappa shape index (κ2) is 7.90. The number of fused-ring (bicyclic) bond motifs is 1. The lowest BCUT2D eigenvalue weighted by Crippen LogP contribution is -2.30. The maximum absolute atomic E-state index is 13.1. The number of para-hydroxylation sites is 1. The van der Waals surface area contributed by atoms with Gasteiger partial charge in [0.2, 0.25) is 0 Å². The van der Waals surface area contributed by atoms with Crippen LogP contribution in [0.25, 0.3) is 10.9 Å². The van der Waals surface area contributed by atoms with Gasteiger partial charge in [0.15, 0.2) is 6.10 Å². The van der Waals surface area contributed by atoms with E-state index in [9.17, 15) is 14.0 Å². The lowest BCUT2D eigenvalue weighted by molar-refractivity contribution is -0.123. The monoisotopic (exact) mass is 406 g/mol. The average Bonchev–Trinajstić information content (AvgIpc) is 2.63. The molecule has 0 unspecified atom stereocenters. The molecule has 8 heteroatoms. The molecule has 0 aliphatic heterocycles. The van der Waals surface area contributed by atoms with Gasteiger partial charge in [0, 0.05) is 5.39 Å². The average molecular weight is 407 g/mol. The molecule has 2 aromatic carbocycles. The Hall–Kier alpha value is -2.70. The summed E-state index contributed by atoms with van der Waals surface area (Å²) in [6.07, 6.45) is -1.12. The van der Waals surface area contributed by atoms with E-state index in [1.807, 2.05) is 0 Å². The van der Waals surface area contributed by atoms with E-state index in [1.54, 1.807) is 24.3 Å². The first-order valence-electron chi connectivity index (χ1n) is 7.87. The van der Waals surface area contributed by atoms with Crippen molar-refractivity contribution in [1.29, 1.82) is 0 Å². The Labute approximate surface area is 164 Å². The molecule has 0 saturated carbocycles. The lowest BCUT2D eigenvalue weighted by atomic mass is 10.1. The fraction of sp³-hybridized carbons (Fsp3) is 0.105. The van der Waals surface area contributed by atoms with Gasteiger partial charge in [-0.3, -0.25) is 4.79 Å². The third-order valence-corrected chi connectivity index (χ3v) is 4.25. The van der Waals surface area contributed by atoms with Gasteiger partial charge >= 0.3 is 5.97 Å². The molecule has 0 aliphatic carbocycles. The molecule has 1 N–H and O–H groups in total. The van der Waals surface area contributed by atoms with Crippen molar-refractivity contribution in [3.63, 3.8) is 0 Å². The fourth-order valence-electron chi connectivity index (χ4n) is 2.41. The minimum Gasteiger partial charge on any atom is -0.449 e. The summed E-state index contributed by atoms with van der Waals surface area (Å²) in [6, 6.07) is 11.9. The molecule has 1 atom stereocenters. The number of halogens is 3. The summed E-state index contributed by atoms with van der Waals surface area (Å²) in [5, 5.41) is 3.22. The predicted octanol–water partition coefficient (Wildman–Crippen LogP) is 4.86. The zero-order valence-corrected chi connectivity index (χ0v) is 15.5. The molecule has 27 heavy (non-hydrogen) atoms. The fourth-order valence-corrected chi connectivity index (χ4v) is 2.83. The highest BCUT2D eigenvalue weighted by molar-refractivity contribution is 6.33. The lowest BCUT2D eigenvalue weighted by Gasteiger charge is -2.15. The van der Waals surface area contributed by atoms with Crippen LogP contribution in [-0.4, -0.2) is 23.0 Å². The number of carbonyl (C=O) groups is 2. The van der Waals surface area contributed by atoms with E-state index in [-0.39, 0.29) is 21.4 Å². The minimum absolute atomic E-state index is 0.0359. The number of pyridine rings is 1. The number of aromatic nitrogens is 1. The van der Waals surface area contributed by atoms with Gasteiger partial charge in [0.1, 0.15) is 11.0 Å². The molecule has 0 spiro atoms. The van der Waals surface area contributed by atoms with Gasteiger partial charge in [-0.05, 0) is 37.3 Å². The molecule has 0 aliphatic rings. The van der Waals surface area contributed by atoms with E-state index in [0.717, 1.165) is 12.1 Å². The SMILES string of the molecule is C[C@H](OC(=O)c1cc(Cl)nc2ccccc12)C(=O)Nc1ccc(F)cc1Cl. The van der Waals surface area contributed by atoms with E-state index < -0.39 is 23.8 Å². The molecule has 5 nitrogen and oxygen atoms in total. The zero-order chi connectivity index (χ0) is 19.6. The number of hydrogen-bond donors (Lipinski definition) is 1. The first-order valence-corrected chi connectivity index (χ1v) is 8.63. The van der Waals surface area contributed by atoms with Crippen LogP contribution in [0.5, 0.6) is 0 Å². The van der Waals surface area contributed by atoms with E-state index in [4.69, 9.17) is 27.9 Å². The first-order chi connectivity index (χ1) is 12.8. The number of rotatable bonds is 4. The number of carbonyl (C=O) groups excluding carboxylic acids is 2. The maximum Gasteiger partial charge on any atom is 0.339 e. The van der Waals surface area contributed by atoms with Crippen LogP contribution in [0.3, 0.4) is 0 Å². The number of nitrogens with zero attached hydrogens (tertiary/aromatic N) is 1. The Bertz CT molecular complexity index is 1040. The molecule has 1 aromatic heterocycles. The van der Waals surface area contributed by atoms with Crippen LogP contribution in [-0.2, 0) is 9.53 Å². The molecule has 0 fully saturated rings. The van der Waals surface area contributed by atoms with Crippen molar-refractivity contribution in [2.75, 3.05) is 5.32 Å². The predicted molar refractivity (Wildman–Crippen MR) is 102 cm³/mol. The van der Waals surface area contributed by atoms with Crippen molar-refractivity contribution in [1.82, 2.24) is 4.98 Å². The van der Waals surface area contributed by atoms with Crippen LogP contribution in [0.4, 0.5) is 10.1 Å². The number of hydrogen-bond acceptors (Lipinski definition) is 4. The Morgan fingerprint density at radius 3 is 2.63 bits per heavy atom. The van der Waals surface area contributed by atoms with Crippen molar-refractivity contribution in [3.8, 4) is 0 Å². The Morgan fingerprint density at radius 1 is 1.15 bits per heavy atom. The Morgan fingerprint density at radius 2 is 1.89 bits per heavy atom. The number of nitrogens with one attached hydrogen (secondary N) is 1. The molecule has 0 bridgehead atoms. The summed E-state index contributed by atoms with van der Waals surface area (Å²) in [5.74, 6) is -1.86. The summed E-state index contributed by atoms with van der Waals surface area (Å²) in [6.45, 7) is 1.41. The van der Waals surface area contributed by atoms with Crippen molar-refractivity contribution >= 4 is 51.7 Å². The number of amides is 1. The van der Waals surface area contributed by atoms with Crippen molar-refractivity contribution in [2.45, 2.75) is 13.0 Å². The van der Waals surface area contributed by atoms with Crippen LogP contribution >= 0.6 is 23.2 Å². The van der Waals surface area contributed by atoms with Gasteiger partial charge in [0.25, 0.3) is 5.91 Å². The number of benzene rings is 2. The zero-order valence-electron chi connectivity index (χ0n) is 14.0. The second-order valence-corrected chi connectivity index (χ2v) is 6.47. The number of esters is 1. The summed E-state index contributed by atoms with van der Waals surface area (Å²) in [4.78, 5) is 28.9. The summed E-state index contributed by atoms with van der Waals surface area (Å²) in [5.41, 5.74) is 0.945. The third kappa shape index (κ3) is 4.35. The van der Waals surface area contributed by atoms with Gasteiger partial charge < -0.3 is 10.1 Å². The van der Waals surface area contributed by atoms with E-state index >= 15 is 0 Å². The third-order valence-electron chi connectivity index (χ3n) is 3.75. The quantitative estimate of drug-likeness (QED) is 0.495. The summed E-state index contributed by atoms with van der Waals surface area (Å²) >= 11 is 11.8. The normalized spacial score (nSPS) is 11.9. The highest BCUT2D eigenvalue weighted by Crippen LogP contribution is 2.24. The van der Waals surface area contributed by atoms with Crippen LogP contribution in [0.15, 0.2) is 48.5 Å². The molecule has 138 valence electrons. The van der Waals surface area contributed by atoms with Crippen molar-refractivity contribution in [2.24, 2.45) is 0 Å². The van der Waals surface area contributed by atoms with E-state index in [1.165, 1.54) is 19.1 Å². The van der Waals surface area contributed by atoms with E-state index in [2.05, 4.69) is 10.3 Å². The topological polar surface area (TPSA) is 68.3 Å². The highest BCUT2D eigenvalue weighted by Gasteiger charge is 2.22. The van der Waals surface area contributed by atoms with Gasteiger partial charge in [0.05, 0.1) is 21.8 Å². The van der Waals surface area contributed by atoms with Crippen LogP contribution in [0.2, 0.25) is 10.2 Å². The first kappa shape index (κ1) is 19.1. The van der Waals surface area contributed by atoms with E-state index in [0.29, 0.717) is 10.9 Å². The molecule has 1 heterocycles. The van der Waals surface area contributed by atoms with Gasteiger partial charge in [-0.15, -0.1) is 0 Å². The van der Waals surface area contributed by atoms with Gasteiger partial charge in [-0.2, -0.15) is 0 Å². The molecular weight excluding hydrogens is 394 g/mol. The maximum atomic E-state index is 13.1. The summed E-state index contributed by atoms with van der Waals surface area (Å²) in [7, 11) is 0. The minimum atomic E-state index is -1.12. The highest BCUT2D eigenvalue weighted by atomic mass is 35.5. The Kier molecular flexibility index (Phi) is 5.58. The molecular formula is C19H13Cl2FN2O3. The van der Waals surface area contributed by atoms with Crippen LogP contribution in [0, 0.1) is 5.82 Å². The molecule has 1 amide bonds. The van der Waals surface area contributed by atoms with Crippen molar-refractivity contribution in [3.05, 3.63) is 70.1 Å².